The lowest BCUT2D eigenvalue weighted by Gasteiger charge is -2.40. The summed E-state index contributed by atoms with van der Waals surface area (Å²) in [6.45, 7) is 6.80. The molecule has 160 valence electrons. The number of anilines is 3. The lowest BCUT2D eigenvalue weighted by molar-refractivity contribution is 0.141. The van der Waals surface area contributed by atoms with E-state index in [2.05, 4.69) is 43.3 Å². The highest BCUT2D eigenvalue weighted by Gasteiger charge is 2.27. The van der Waals surface area contributed by atoms with Gasteiger partial charge in [-0.15, -0.1) is 0 Å². The zero-order valence-electron chi connectivity index (χ0n) is 17.5. The molecule has 2 saturated heterocycles. The number of nitrogens with zero attached hydrogens (tertiary/aromatic N) is 5. The molecular formula is C22H37N7. The number of aryl methyl sites for hydroxylation is 1. The molecule has 3 aliphatic rings. The van der Waals surface area contributed by atoms with Gasteiger partial charge in [-0.05, 0) is 58.0 Å². The molecule has 0 unspecified atom stereocenters. The molecular weight excluding hydrogens is 362 g/mol. The Kier molecular flexibility index (Phi) is 5.40. The summed E-state index contributed by atoms with van der Waals surface area (Å²) in [5.41, 5.74) is 2.37. The third kappa shape index (κ3) is 4.25. The zero-order valence-corrected chi connectivity index (χ0v) is 17.5. The summed E-state index contributed by atoms with van der Waals surface area (Å²) in [5.74, 6) is 3.27. The fourth-order valence-electron chi connectivity index (χ4n) is 4.76. The van der Waals surface area contributed by atoms with Gasteiger partial charge in [0.1, 0.15) is 5.82 Å². The molecule has 2 aromatic heterocycles. The van der Waals surface area contributed by atoms with Crippen molar-refractivity contribution < 1.29 is 2.85 Å². The smallest absolute Gasteiger partial charge is 0.227 e. The van der Waals surface area contributed by atoms with Gasteiger partial charge in [0.2, 0.25) is 5.95 Å². The van der Waals surface area contributed by atoms with Crippen LogP contribution >= 0.6 is 0 Å². The summed E-state index contributed by atoms with van der Waals surface area (Å²) < 4.78 is 0. The highest BCUT2D eigenvalue weighted by atomic mass is 15.3. The maximum absolute atomic E-state index is 4.91. The Morgan fingerprint density at radius 1 is 1.10 bits per heavy atom. The molecule has 0 aromatic carbocycles. The van der Waals surface area contributed by atoms with Crippen LogP contribution in [0.25, 0.3) is 0 Å². The van der Waals surface area contributed by atoms with Crippen LogP contribution in [0.4, 0.5) is 17.6 Å². The van der Waals surface area contributed by atoms with E-state index in [4.69, 9.17) is 4.98 Å². The Morgan fingerprint density at radius 3 is 2.62 bits per heavy atom. The summed E-state index contributed by atoms with van der Waals surface area (Å²) in [5, 5.41) is 11.0. The molecule has 0 spiro atoms. The Balaban J connectivity index is 0.00000136. The molecule has 0 radical (unpaired) electrons. The predicted molar refractivity (Wildman–Crippen MR) is 120 cm³/mol. The normalized spacial score (nSPS) is 21.5. The second-order valence-corrected chi connectivity index (χ2v) is 8.82. The Labute approximate surface area is 176 Å². The largest absolute Gasteiger partial charge is 0.341 e. The van der Waals surface area contributed by atoms with Crippen LogP contribution in [0, 0.1) is 0 Å². The van der Waals surface area contributed by atoms with Gasteiger partial charge in [0.05, 0.1) is 0 Å². The maximum Gasteiger partial charge on any atom is 0.227 e. The molecule has 0 bridgehead atoms. The second kappa shape index (κ2) is 8.30. The predicted octanol–water partition coefficient (Wildman–Crippen LogP) is 4.33. The van der Waals surface area contributed by atoms with Crippen molar-refractivity contribution in [2.45, 2.75) is 70.3 Å². The molecule has 2 N–H and O–H groups in total. The van der Waals surface area contributed by atoms with Crippen molar-refractivity contribution in [2.75, 3.05) is 36.4 Å². The highest BCUT2D eigenvalue weighted by Crippen LogP contribution is 2.39. The van der Waals surface area contributed by atoms with E-state index in [1.165, 1.54) is 63.7 Å². The molecule has 4 heterocycles. The molecule has 1 saturated carbocycles. The third-order valence-corrected chi connectivity index (χ3v) is 6.75. The van der Waals surface area contributed by atoms with Crippen molar-refractivity contribution in [1.29, 1.82) is 0 Å². The summed E-state index contributed by atoms with van der Waals surface area (Å²) in [4.78, 5) is 14.7. The van der Waals surface area contributed by atoms with E-state index in [0.717, 1.165) is 48.7 Å². The number of aromatic nitrogens is 4. The van der Waals surface area contributed by atoms with E-state index < -0.39 is 0 Å². The molecule has 7 nitrogen and oxygen atoms in total. The van der Waals surface area contributed by atoms with Gasteiger partial charge in [0.25, 0.3) is 0 Å². The van der Waals surface area contributed by atoms with Gasteiger partial charge in [0, 0.05) is 51.4 Å². The quantitative estimate of drug-likeness (QED) is 0.753. The minimum absolute atomic E-state index is 0. The summed E-state index contributed by atoms with van der Waals surface area (Å²) >= 11 is 0. The van der Waals surface area contributed by atoms with E-state index in [-0.39, 0.29) is 2.85 Å². The number of H-pyrrole nitrogens is 1. The third-order valence-electron chi connectivity index (χ3n) is 6.75. The molecule has 2 aromatic rings. The van der Waals surface area contributed by atoms with Crippen LogP contribution in [0.15, 0.2) is 12.3 Å². The first-order chi connectivity index (χ1) is 14.3. The molecule has 1 aliphatic carbocycles. The number of nitrogens with one attached hydrogen (secondary N) is 2. The first-order valence-corrected chi connectivity index (χ1v) is 11.5. The Bertz CT molecular complexity index is 825. The van der Waals surface area contributed by atoms with Crippen LogP contribution in [0.2, 0.25) is 0 Å². The van der Waals surface area contributed by atoms with Crippen LogP contribution in [0.1, 0.15) is 71.9 Å². The average molecular weight is 400 g/mol. The summed E-state index contributed by atoms with van der Waals surface area (Å²) in [6.07, 6.45) is 12.0. The van der Waals surface area contributed by atoms with Gasteiger partial charge >= 0.3 is 0 Å². The van der Waals surface area contributed by atoms with Crippen molar-refractivity contribution >= 4 is 17.6 Å². The molecule has 7 heteroatoms. The van der Waals surface area contributed by atoms with Crippen molar-refractivity contribution in [3.8, 4) is 0 Å². The van der Waals surface area contributed by atoms with Crippen LogP contribution in [0.5, 0.6) is 0 Å². The number of aromatic amines is 1. The first kappa shape index (κ1) is 18.9. The van der Waals surface area contributed by atoms with Crippen molar-refractivity contribution in [1.82, 2.24) is 25.1 Å². The van der Waals surface area contributed by atoms with E-state index in [1.54, 1.807) is 0 Å². The van der Waals surface area contributed by atoms with Crippen molar-refractivity contribution in [3.63, 3.8) is 0 Å². The van der Waals surface area contributed by atoms with E-state index in [9.17, 15) is 0 Å². The number of rotatable bonds is 6. The molecule has 3 fully saturated rings. The number of hydrogen-bond donors (Lipinski definition) is 2. The lowest BCUT2D eigenvalue weighted by atomic mass is 10.00. The molecule has 2 aliphatic heterocycles. The minimum atomic E-state index is 0. The number of hydrogen-bond acceptors (Lipinski definition) is 6. The van der Waals surface area contributed by atoms with E-state index in [0.29, 0.717) is 5.92 Å². The van der Waals surface area contributed by atoms with Gasteiger partial charge < -0.3 is 15.1 Å². The average Bonchev–Trinajstić information content (AvgIpc) is 3.53. The second-order valence-electron chi connectivity index (χ2n) is 8.82. The van der Waals surface area contributed by atoms with E-state index in [1.807, 2.05) is 6.20 Å². The van der Waals surface area contributed by atoms with Crippen LogP contribution in [0.3, 0.4) is 0 Å². The van der Waals surface area contributed by atoms with Crippen molar-refractivity contribution in [3.05, 3.63) is 23.5 Å². The standard InChI is InChI=1S/C22H33N7.2H2/c1-2-16-15-23-22(25-21(16)24-20-14-19(26-27-20)17-6-7-17)29-12-8-18(9-13-29)28-10-4-3-5-11-28;;/h14-15,17-18H,2-13H2,1H3,(H2,23,24,25,26,27);2*1H. The fraction of sp³-hybridized carbons (Fsp3) is 0.682. The molecule has 5 rings (SSSR count). The van der Waals surface area contributed by atoms with E-state index >= 15 is 0 Å². The van der Waals surface area contributed by atoms with Crippen molar-refractivity contribution in [2.24, 2.45) is 0 Å². The molecule has 29 heavy (non-hydrogen) atoms. The fourth-order valence-corrected chi connectivity index (χ4v) is 4.76. The summed E-state index contributed by atoms with van der Waals surface area (Å²) in [7, 11) is 0. The number of piperidine rings is 2. The van der Waals surface area contributed by atoms with Gasteiger partial charge in [-0.1, -0.05) is 13.3 Å². The highest BCUT2D eigenvalue weighted by molar-refractivity contribution is 5.58. The Morgan fingerprint density at radius 2 is 1.90 bits per heavy atom. The topological polar surface area (TPSA) is 73.0 Å². The van der Waals surface area contributed by atoms with Gasteiger partial charge in [0.15, 0.2) is 5.82 Å². The van der Waals surface area contributed by atoms with Gasteiger partial charge in [-0.25, -0.2) is 4.98 Å². The molecule has 0 amide bonds. The monoisotopic (exact) mass is 399 g/mol. The van der Waals surface area contributed by atoms with Gasteiger partial charge in [-0.2, -0.15) is 10.1 Å². The van der Waals surface area contributed by atoms with Crippen LogP contribution in [-0.4, -0.2) is 57.3 Å². The SMILES string of the molecule is CCc1cnc(N2CCC(N3CCCCC3)CC2)nc1Nc1cc(C2CC2)[nH]n1.[HH].[HH]. The van der Waals surface area contributed by atoms with Gasteiger partial charge in [-0.3, -0.25) is 5.10 Å². The number of likely N-dealkylation sites (tertiary alicyclic amines) is 1. The minimum Gasteiger partial charge on any atom is -0.341 e. The van der Waals surface area contributed by atoms with Crippen LogP contribution < -0.4 is 10.2 Å². The zero-order chi connectivity index (χ0) is 19.6. The molecule has 0 atom stereocenters. The summed E-state index contributed by atoms with van der Waals surface area (Å²) in [6, 6.07) is 2.87. The lowest BCUT2D eigenvalue weighted by Crippen LogP contribution is -2.47. The Hall–Kier alpha value is -2.15. The first-order valence-electron chi connectivity index (χ1n) is 11.5. The van der Waals surface area contributed by atoms with Crippen LogP contribution in [-0.2, 0) is 6.42 Å². The maximum atomic E-state index is 4.91.